The average molecular weight is 290 g/mol. The van der Waals surface area contributed by atoms with E-state index < -0.39 is 0 Å². The van der Waals surface area contributed by atoms with Crippen LogP contribution in [0.4, 0.5) is 0 Å². The average Bonchev–Trinajstić information content (AvgIpc) is 3.31. The molecule has 1 saturated heterocycles. The van der Waals surface area contributed by atoms with Gasteiger partial charge in [0.15, 0.2) is 0 Å². The van der Waals surface area contributed by atoms with E-state index in [9.17, 15) is 0 Å². The molecule has 110 valence electrons. The van der Waals surface area contributed by atoms with Crippen molar-refractivity contribution in [3.8, 4) is 0 Å². The van der Waals surface area contributed by atoms with Crippen molar-refractivity contribution in [3.05, 3.63) is 35.9 Å². The summed E-state index contributed by atoms with van der Waals surface area (Å²) in [6.07, 6.45) is 5.08. The van der Waals surface area contributed by atoms with E-state index in [2.05, 4.69) is 53.7 Å². The first kappa shape index (κ1) is 14.4. The summed E-state index contributed by atoms with van der Waals surface area (Å²) < 4.78 is 0. The third kappa shape index (κ3) is 3.05. The van der Waals surface area contributed by atoms with E-state index in [1.54, 1.807) is 0 Å². The first-order valence-corrected chi connectivity index (χ1v) is 9.16. The first-order chi connectivity index (χ1) is 9.73. The lowest BCUT2D eigenvalue weighted by Gasteiger charge is -2.47. The zero-order valence-electron chi connectivity index (χ0n) is 12.6. The molecule has 2 nitrogen and oxygen atoms in total. The van der Waals surface area contributed by atoms with Gasteiger partial charge in [-0.2, -0.15) is 11.8 Å². The van der Waals surface area contributed by atoms with Gasteiger partial charge in [0, 0.05) is 31.4 Å². The van der Waals surface area contributed by atoms with Crippen LogP contribution in [0.3, 0.4) is 0 Å². The van der Waals surface area contributed by atoms with Crippen molar-refractivity contribution in [1.82, 2.24) is 10.2 Å². The molecule has 1 N–H and O–H groups in total. The molecule has 0 spiro atoms. The molecule has 1 saturated carbocycles. The number of nitrogens with zero attached hydrogens (tertiary/aromatic N) is 1. The fourth-order valence-electron chi connectivity index (χ4n) is 3.44. The maximum atomic E-state index is 3.84. The molecule has 1 aliphatic heterocycles. The Labute approximate surface area is 127 Å². The largest absolute Gasteiger partial charge is 0.305 e. The van der Waals surface area contributed by atoms with Gasteiger partial charge in [-0.25, -0.2) is 0 Å². The molecule has 1 heterocycles. The summed E-state index contributed by atoms with van der Waals surface area (Å²) in [5, 5.41) is 3.84. The number of hydrogen-bond acceptors (Lipinski definition) is 3. The van der Waals surface area contributed by atoms with E-state index in [0.29, 0.717) is 0 Å². The Morgan fingerprint density at radius 3 is 2.70 bits per heavy atom. The second-order valence-corrected chi connectivity index (χ2v) is 7.43. The Balaban J connectivity index is 1.75. The third-order valence-electron chi connectivity index (χ3n) is 4.85. The van der Waals surface area contributed by atoms with Crippen molar-refractivity contribution in [2.75, 3.05) is 31.6 Å². The number of piperazine rings is 1. The Morgan fingerprint density at radius 1 is 1.30 bits per heavy atom. The molecule has 2 atom stereocenters. The van der Waals surface area contributed by atoms with Crippen LogP contribution >= 0.6 is 11.8 Å². The zero-order valence-corrected chi connectivity index (χ0v) is 13.5. The van der Waals surface area contributed by atoms with Crippen molar-refractivity contribution in [2.24, 2.45) is 5.92 Å². The standard InChI is InChI=1S/C17H26N2S/c1-17(15-6-4-3-5-7-15)13-19(10-11-20-2)16(12-18-17)14-8-9-14/h3-7,14,16,18H,8-13H2,1-2H3. The van der Waals surface area contributed by atoms with Crippen LogP contribution in [-0.4, -0.2) is 42.6 Å². The van der Waals surface area contributed by atoms with Crippen molar-refractivity contribution in [2.45, 2.75) is 31.3 Å². The lowest BCUT2D eigenvalue weighted by atomic mass is 9.87. The highest BCUT2D eigenvalue weighted by molar-refractivity contribution is 7.98. The number of nitrogens with one attached hydrogen (secondary N) is 1. The van der Waals surface area contributed by atoms with Crippen LogP contribution in [-0.2, 0) is 5.54 Å². The highest BCUT2D eigenvalue weighted by Crippen LogP contribution is 2.38. The minimum atomic E-state index is 0.102. The molecule has 0 radical (unpaired) electrons. The lowest BCUT2D eigenvalue weighted by Crippen LogP contribution is -2.62. The van der Waals surface area contributed by atoms with Crippen molar-refractivity contribution in [3.63, 3.8) is 0 Å². The molecule has 20 heavy (non-hydrogen) atoms. The van der Waals surface area contributed by atoms with E-state index in [1.807, 2.05) is 11.8 Å². The van der Waals surface area contributed by atoms with Crippen LogP contribution in [0, 0.1) is 5.92 Å². The van der Waals surface area contributed by atoms with Gasteiger partial charge in [-0.15, -0.1) is 0 Å². The van der Waals surface area contributed by atoms with Gasteiger partial charge in [0.05, 0.1) is 5.54 Å². The first-order valence-electron chi connectivity index (χ1n) is 7.76. The van der Waals surface area contributed by atoms with Crippen LogP contribution in [0.1, 0.15) is 25.3 Å². The maximum absolute atomic E-state index is 3.84. The summed E-state index contributed by atoms with van der Waals surface area (Å²) in [4.78, 5) is 2.75. The highest BCUT2D eigenvalue weighted by Gasteiger charge is 2.42. The SMILES string of the molecule is CSCCN1CC(C)(c2ccccc2)NCC1C1CC1. The van der Waals surface area contributed by atoms with Gasteiger partial charge in [-0.1, -0.05) is 30.3 Å². The van der Waals surface area contributed by atoms with Crippen molar-refractivity contribution < 1.29 is 0 Å². The molecular formula is C17H26N2S. The topological polar surface area (TPSA) is 15.3 Å². The monoisotopic (exact) mass is 290 g/mol. The number of rotatable bonds is 5. The summed E-state index contributed by atoms with van der Waals surface area (Å²) in [5.41, 5.74) is 1.52. The van der Waals surface area contributed by atoms with Gasteiger partial charge < -0.3 is 5.32 Å². The van der Waals surface area contributed by atoms with E-state index >= 15 is 0 Å². The van der Waals surface area contributed by atoms with E-state index in [-0.39, 0.29) is 5.54 Å². The molecule has 2 unspecified atom stereocenters. The smallest absolute Gasteiger partial charge is 0.0535 e. The van der Waals surface area contributed by atoms with Crippen LogP contribution in [0.15, 0.2) is 30.3 Å². The van der Waals surface area contributed by atoms with Crippen molar-refractivity contribution >= 4 is 11.8 Å². The Bertz CT molecular complexity index is 432. The van der Waals surface area contributed by atoms with E-state index in [1.165, 1.54) is 30.7 Å². The highest BCUT2D eigenvalue weighted by atomic mass is 32.2. The molecule has 0 bridgehead atoms. The third-order valence-corrected chi connectivity index (χ3v) is 5.44. The molecule has 1 aromatic rings. The Kier molecular flexibility index (Phi) is 4.39. The Morgan fingerprint density at radius 2 is 2.05 bits per heavy atom. The molecule has 0 aromatic heterocycles. The van der Waals surface area contributed by atoms with Crippen molar-refractivity contribution in [1.29, 1.82) is 0 Å². The molecular weight excluding hydrogens is 264 g/mol. The maximum Gasteiger partial charge on any atom is 0.0535 e. The summed E-state index contributed by atoms with van der Waals surface area (Å²) >= 11 is 1.96. The second-order valence-electron chi connectivity index (χ2n) is 6.45. The van der Waals surface area contributed by atoms with Crippen LogP contribution in [0.25, 0.3) is 0 Å². The summed E-state index contributed by atoms with van der Waals surface area (Å²) in [7, 11) is 0. The van der Waals surface area contributed by atoms with Gasteiger partial charge in [0.25, 0.3) is 0 Å². The lowest BCUT2D eigenvalue weighted by molar-refractivity contribution is 0.0799. The molecule has 1 aliphatic carbocycles. The Hall–Kier alpha value is -0.510. The predicted molar refractivity (Wildman–Crippen MR) is 88.3 cm³/mol. The predicted octanol–water partition coefficient (Wildman–Crippen LogP) is 2.95. The quantitative estimate of drug-likeness (QED) is 0.897. The van der Waals surface area contributed by atoms with Gasteiger partial charge in [0.1, 0.15) is 0 Å². The van der Waals surface area contributed by atoms with Crippen LogP contribution < -0.4 is 5.32 Å². The summed E-state index contributed by atoms with van der Waals surface area (Å²) in [6.45, 7) is 5.87. The minimum absolute atomic E-state index is 0.102. The molecule has 3 heteroatoms. The molecule has 2 aliphatic rings. The molecule has 2 fully saturated rings. The van der Waals surface area contributed by atoms with E-state index in [0.717, 1.165) is 25.0 Å². The summed E-state index contributed by atoms with van der Waals surface area (Å²) in [5.74, 6) is 2.19. The van der Waals surface area contributed by atoms with Gasteiger partial charge >= 0.3 is 0 Å². The minimum Gasteiger partial charge on any atom is -0.305 e. The molecule has 3 rings (SSSR count). The number of hydrogen-bond donors (Lipinski definition) is 1. The van der Waals surface area contributed by atoms with Gasteiger partial charge in [-0.3, -0.25) is 4.90 Å². The molecule has 0 amide bonds. The van der Waals surface area contributed by atoms with Crippen LogP contribution in [0.5, 0.6) is 0 Å². The van der Waals surface area contributed by atoms with E-state index in [4.69, 9.17) is 0 Å². The fourth-order valence-corrected chi connectivity index (χ4v) is 3.85. The van der Waals surface area contributed by atoms with Gasteiger partial charge in [-0.05, 0) is 37.5 Å². The summed E-state index contributed by atoms with van der Waals surface area (Å²) in [6, 6.07) is 11.7. The fraction of sp³-hybridized carbons (Fsp3) is 0.647. The second kappa shape index (κ2) is 6.08. The normalized spacial score (nSPS) is 31.4. The van der Waals surface area contributed by atoms with Gasteiger partial charge in [0.2, 0.25) is 0 Å². The number of thioether (sulfide) groups is 1. The van der Waals surface area contributed by atoms with Crippen LogP contribution in [0.2, 0.25) is 0 Å². The molecule has 1 aromatic carbocycles. The zero-order chi connectivity index (χ0) is 14.0. The number of benzene rings is 1.